The van der Waals surface area contributed by atoms with Crippen molar-refractivity contribution >= 4 is 27.8 Å². The van der Waals surface area contributed by atoms with Crippen molar-refractivity contribution in [3.05, 3.63) is 105 Å². The first-order chi connectivity index (χ1) is 23.7. The molecule has 6 rings (SSSR count). The minimum Gasteiger partial charge on any atom is -0.493 e. The zero-order valence-corrected chi connectivity index (χ0v) is 28.9. The number of aryl methyl sites for hydroxylation is 1. The summed E-state index contributed by atoms with van der Waals surface area (Å²) in [5.74, 6) is -0.513. The molecule has 0 unspecified atom stereocenters. The molecular formula is C38H38F6N2O5. The van der Waals surface area contributed by atoms with E-state index in [4.69, 9.17) is 9.84 Å². The monoisotopic (exact) mass is 716 g/mol. The second-order valence-electron chi connectivity index (χ2n) is 12.8. The SMILES string of the molecule is CC.CC(C)(C)O.Cc1cc2c(ccc(=O)n2Cc2cc(C(F)(F)F)cc(C(F)(F)F)c2)c(-c2ccc3c4c(ccnc24)CCO3)c1CC(=O)O. The molecule has 0 spiro atoms. The Kier molecular flexibility index (Phi) is 11.2. The minimum absolute atomic E-state index is 0.0321. The van der Waals surface area contributed by atoms with Gasteiger partial charge < -0.3 is 19.5 Å². The zero-order valence-electron chi connectivity index (χ0n) is 28.9. The number of carbonyl (C=O) groups is 1. The molecule has 13 heteroatoms. The smallest absolute Gasteiger partial charge is 0.416 e. The Morgan fingerprint density at radius 3 is 2.10 bits per heavy atom. The van der Waals surface area contributed by atoms with Gasteiger partial charge in [0.25, 0.3) is 5.56 Å². The third-order valence-electron chi connectivity index (χ3n) is 7.78. The van der Waals surface area contributed by atoms with Crippen LogP contribution in [0.4, 0.5) is 26.3 Å². The summed E-state index contributed by atoms with van der Waals surface area (Å²) >= 11 is 0. The summed E-state index contributed by atoms with van der Waals surface area (Å²) in [6.07, 6.45) is -8.24. The van der Waals surface area contributed by atoms with Gasteiger partial charge in [0.05, 0.1) is 47.3 Å². The first-order valence-corrected chi connectivity index (χ1v) is 16.1. The minimum atomic E-state index is -5.05. The van der Waals surface area contributed by atoms with Crippen molar-refractivity contribution in [3.8, 4) is 16.9 Å². The summed E-state index contributed by atoms with van der Waals surface area (Å²) in [6.45, 7) is 10.7. The molecule has 2 aromatic heterocycles. The summed E-state index contributed by atoms with van der Waals surface area (Å²) in [5, 5.41) is 19.4. The molecule has 51 heavy (non-hydrogen) atoms. The van der Waals surface area contributed by atoms with Gasteiger partial charge in [0.15, 0.2) is 0 Å². The van der Waals surface area contributed by atoms with E-state index in [2.05, 4.69) is 4.98 Å². The van der Waals surface area contributed by atoms with Crippen LogP contribution in [0.5, 0.6) is 5.75 Å². The largest absolute Gasteiger partial charge is 0.493 e. The van der Waals surface area contributed by atoms with Crippen LogP contribution in [0, 0.1) is 6.92 Å². The highest BCUT2D eigenvalue weighted by Gasteiger charge is 2.37. The third-order valence-corrected chi connectivity index (χ3v) is 7.78. The van der Waals surface area contributed by atoms with Crippen molar-refractivity contribution in [2.75, 3.05) is 6.61 Å². The highest BCUT2D eigenvalue weighted by molar-refractivity contribution is 6.08. The lowest BCUT2D eigenvalue weighted by Gasteiger charge is -2.22. The van der Waals surface area contributed by atoms with Crippen LogP contribution in [0.15, 0.2) is 65.6 Å². The number of pyridine rings is 2. The highest BCUT2D eigenvalue weighted by atomic mass is 19.4. The van der Waals surface area contributed by atoms with Gasteiger partial charge >= 0.3 is 18.3 Å². The molecule has 0 bridgehead atoms. The Morgan fingerprint density at radius 1 is 0.922 bits per heavy atom. The molecule has 3 heterocycles. The summed E-state index contributed by atoms with van der Waals surface area (Å²) in [4.78, 5) is 29.7. The fourth-order valence-electron chi connectivity index (χ4n) is 5.86. The van der Waals surface area contributed by atoms with Crippen molar-refractivity contribution < 1.29 is 46.1 Å². The van der Waals surface area contributed by atoms with E-state index in [-0.39, 0.29) is 17.1 Å². The molecule has 0 amide bonds. The van der Waals surface area contributed by atoms with E-state index in [9.17, 15) is 41.0 Å². The van der Waals surface area contributed by atoms with Gasteiger partial charge in [-0.15, -0.1) is 0 Å². The number of aliphatic carboxylic acids is 1. The number of benzene rings is 3. The number of rotatable bonds is 5. The molecule has 272 valence electrons. The van der Waals surface area contributed by atoms with Crippen LogP contribution >= 0.6 is 0 Å². The fourth-order valence-corrected chi connectivity index (χ4v) is 5.86. The van der Waals surface area contributed by atoms with E-state index in [1.165, 1.54) is 12.1 Å². The van der Waals surface area contributed by atoms with Crippen LogP contribution in [0.3, 0.4) is 0 Å². The van der Waals surface area contributed by atoms with Gasteiger partial charge in [0.2, 0.25) is 0 Å². The van der Waals surface area contributed by atoms with Crippen molar-refractivity contribution in [3.63, 3.8) is 0 Å². The number of ether oxygens (including phenoxy) is 1. The van der Waals surface area contributed by atoms with Gasteiger partial charge in [0.1, 0.15) is 5.75 Å². The molecule has 1 aliphatic rings. The molecule has 3 aromatic carbocycles. The van der Waals surface area contributed by atoms with Crippen molar-refractivity contribution in [1.82, 2.24) is 9.55 Å². The maximum Gasteiger partial charge on any atom is 0.416 e. The Labute approximate surface area is 290 Å². The van der Waals surface area contributed by atoms with E-state index in [0.717, 1.165) is 21.6 Å². The highest BCUT2D eigenvalue weighted by Crippen LogP contribution is 2.42. The summed E-state index contributed by atoms with van der Waals surface area (Å²) in [6, 6.07) is 10.7. The third kappa shape index (κ3) is 8.88. The van der Waals surface area contributed by atoms with Crippen LogP contribution in [0.25, 0.3) is 32.9 Å². The molecule has 0 fully saturated rings. The average Bonchev–Trinajstić information content (AvgIpc) is 3.03. The number of carboxylic acid groups (broad SMARTS) is 1. The van der Waals surface area contributed by atoms with Gasteiger partial charge in [-0.25, -0.2) is 0 Å². The van der Waals surface area contributed by atoms with Gasteiger partial charge in [0, 0.05) is 35.0 Å². The van der Waals surface area contributed by atoms with E-state index in [0.29, 0.717) is 64.1 Å². The second kappa shape index (κ2) is 14.7. The summed E-state index contributed by atoms with van der Waals surface area (Å²) in [7, 11) is 0. The van der Waals surface area contributed by atoms with Crippen LogP contribution < -0.4 is 10.3 Å². The topological polar surface area (TPSA) is 102 Å². The molecule has 2 N–H and O–H groups in total. The fraction of sp³-hybridized carbons (Fsp3) is 0.342. The average molecular weight is 717 g/mol. The maximum atomic E-state index is 13.6. The Bertz CT molecular complexity index is 2100. The molecule has 0 atom stereocenters. The van der Waals surface area contributed by atoms with Crippen molar-refractivity contribution in [2.24, 2.45) is 0 Å². The van der Waals surface area contributed by atoms with Gasteiger partial charge in [-0.3, -0.25) is 14.6 Å². The van der Waals surface area contributed by atoms with Crippen LogP contribution in [-0.4, -0.2) is 37.9 Å². The Morgan fingerprint density at radius 2 is 1.53 bits per heavy atom. The number of hydrogen-bond acceptors (Lipinski definition) is 5. The zero-order chi connectivity index (χ0) is 38.1. The lowest BCUT2D eigenvalue weighted by atomic mass is 9.87. The first kappa shape index (κ1) is 38.9. The van der Waals surface area contributed by atoms with Gasteiger partial charge in [-0.2, -0.15) is 26.3 Å². The molecular weight excluding hydrogens is 678 g/mol. The predicted octanol–water partition coefficient (Wildman–Crippen LogP) is 8.98. The van der Waals surface area contributed by atoms with Gasteiger partial charge in [-0.1, -0.05) is 13.8 Å². The van der Waals surface area contributed by atoms with Crippen LogP contribution in [0.2, 0.25) is 0 Å². The lowest BCUT2D eigenvalue weighted by molar-refractivity contribution is -0.143. The Hall–Kier alpha value is -4.91. The first-order valence-electron chi connectivity index (χ1n) is 16.1. The number of carboxylic acids is 1. The van der Waals surface area contributed by atoms with E-state index >= 15 is 0 Å². The number of aliphatic hydroxyl groups is 1. The molecule has 0 saturated carbocycles. The summed E-state index contributed by atoms with van der Waals surface area (Å²) < 4.78 is 88.3. The number of nitrogens with zero attached hydrogens (tertiary/aromatic N) is 2. The van der Waals surface area contributed by atoms with E-state index < -0.39 is 53.6 Å². The Balaban J connectivity index is 0.000000768. The molecule has 0 radical (unpaired) electrons. The van der Waals surface area contributed by atoms with E-state index in [1.807, 2.05) is 19.9 Å². The quantitative estimate of drug-likeness (QED) is 0.176. The lowest BCUT2D eigenvalue weighted by Crippen LogP contribution is -2.21. The number of halogens is 6. The maximum absolute atomic E-state index is 13.6. The summed E-state index contributed by atoms with van der Waals surface area (Å²) in [5.41, 5.74) is -0.926. The number of hydrogen-bond donors (Lipinski definition) is 2. The van der Waals surface area contributed by atoms with Gasteiger partial charge in [-0.05, 0) is 104 Å². The van der Waals surface area contributed by atoms with Crippen molar-refractivity contribution in [2.45, 2.75) is 78.9 Å². The van der Waals surface area contributed by atoms with E-state index in [1.54, 1.807) is 46.0 Å². The van der Waals surface area contributed by atoms with Crippen molar-refractivity contribution in [1.29, 1.82) is 0 Å². The molecule has 1 aliphatic heterocycles. The second-order valence-corrected chi connectivity index (χ2v) is 12.8. The van der Waals surface area contributed by atoms with Crippen LogP contribution in [-0.2, 0) is 36.5 Å². The predicted molar refractivity (Wildman–Crippen MR) is 183 cm³/mol. The molecule has 7 nitrogen and oxygen atoms in total. The normalized spacial score (nSPS) is 12.8. The number of alkyl halides is 6. The number of aromatic nitrogens is 2. The standard InChI is InChI=1S/C32H22F6N2O4.C4H10O.C2H6/c1-16-10-24-21(3-5-26(41)40(24)15-17-11-19(31(33,34)35)13-20(12-17)32(36,37)38)29(23(16)14-27(42)43)22-2-4-25-28-18(7-9-44-25)6-8-39-30(22)28;1-4(2,3)5;1-2/h2-6,8,10-13H,7,9,14-15H2,1H3,(H,42,43);5H,1-3H3;1-2H3. The van der Waals surface area contributed by atoms with Crippen LogP contribution in [0.1, 0.15) is 68.0 Å². The number of fused-ring (bicyclic) bond motifs is 1. The molecule has 0 aliphatic carbocycles. The molecule has 0 saturated heterocycles. The molecule has 5 aromatic rings.